The zero-order valence-electron chi connectivity index (χ0n) is 7.06. The van der Waals surface area contributed by atoms with Gasteiger partial charge in [0.25, 0.3) is 0 Å². The summed E-state index contributed by atoms with van der Waals surface area (Å²) < 4.78 is 0. The van der Waals surface area contributed by atoms with Crippen molar-refractivity contribution >= 4 is 30.9 Å². The number of nitrogens with one attached hydrogen (secondary N) is 1. The van der Waals surface area contributed by atoms with Crippen LogP contribution in [-0.4, -0.2) is 18.1 Å². The van der Waals surface area contributed by atoms with E-state index in [0.29, 0.717) is 0 Å². The van der Waals surface area contributed by atoms with Gasteiger partial charge in [0.1, 0.15) is 0 Å². The Morgan fingerprint density at radius 1 is 1.23 bits per heavy atom. The van der Waals surface area contributed by atoms with Crippen molar-refractivity contribution in [2.45, 2.75) is 0 Å². The molecule has 0 aliphatic carbocycles. The Bertz CT molecular complexity index is 266. The highest BCUT2D eigenvalue weighted by molar-refractivity contribution is 5.85. The van der Waals surface area contributed by atoms with Crippen molar-refractivity contribution < 1.29 is 0 Å². The Balaban J connectivity index is 0.000000720. The van der Waals surface area contributed by atoms with Gasteiger partial charge in [0.05, 0.1) is 5.69 Å². The van der Waals surface area contributed by atoms with Crippen LogP contribution in [0.3, 0.4) is 0 Å². The lowest BCUT2D eigenvalue weighted by Gasteiger charge is -2.17. The molecule has 1 aromatic rings. The van der Waals surface area contributed by atoms with Crippen LogP contribution in [-0.2, 0) is 0 Å². The SMILES string of the molecule is C(=C1CNC1)c1ccccn1.Cl.Cl. The van der Waals surface area contributed by atoms with Gasteiger partial charge in [-0.25, -0.2) is 0 Å². The van der Waals surface area contributed by atoms with E-state index in [-0.39, 0.29) is 24.8 Å². The summed E-state index contributed by atoms with van der Waals surface area (Å²) in [5.74, 6) is 0. The molecular formula is C9H12Cl2N2. The van der Waals surface area contributed by atoms with E-state index >= 15 is 0 Å². The number of halogens is 2. The van der Waals surface area contributed by atoms with Gasteiger partial charge in [0.15, 0.2) is 0 Å². The quantitative estimate of drug-likeness (QED) is 0.780. The second kappa shape index (κ2) is 5.97. The first-order valence-electron chi connectivity index (χ1n) is 3.76. The molecule has 2 rings (SSSR count). The Kier molecular flexibility index (Phi) is 5.71. The van der Waals surface area contributed by atoms with Crippen LogP contribution < -0.4 is 5.32 Å². The maximum Gasteiger partial charge on any atom is 0.0630 e. The molecule has 0 bridgehead atoms. The minimum absolute atomic E-state index is 0. The second-order valence-electron chi connectivity index (χ2n) is 2.66. The normalized spacial score (nSPS) is 13.4. The van der Waals surface area contributed by atoms with Gasteiger partial charge < -0.3 is 5.32 Å². The van der Waals surface area contributed by atoms with Gasteiger partial charge in [-0.3, -0.25) is 4.98 Å². The number of hydrogen-bond donors (Lipinski definition) is 1. The third kappa shape index (κ3) is 3.35. The summed E-state index contributed by atoms with van der Waals surface area (Å²) in [5.41, 5.74) is 2.49. The molecule has 1 aromatic heterocycles. The van der Waals surface area contributed by atoms with Gasteiger partial charge in [0, 0.05) is 19.3 Å². The Hall–Kier alpha value is -0.570. The first kappa shape index (κ1) is 12.4. The smallest absolute Gasteiger partial charge is 0.0630 e. The van der Waals surface area contributed by atoms with E-state index in [1.807, 2.05) is 24.4 Å². The van der Waals surface area contributed by atoms with Gasteiger partial charge in [-0.15, -0.1) is 24.8 Å². The molecule has 1 aliphatic heterocycles. The fourth-order valence-electron chi connectivity index (χ4n) is 1.04. The summed E-state index contributed by atoms with van der Waals surface area (Å²) in [5, 5.41) is 3.19. The molecule has 0 aromatic carbocycles. The van der Waals surface area contributed by atoms with Crippen molar-refractivity contribution in [2.75, 3.05) is 13.1 Å². The summed E-state index contributed by atoms with van der Waals surface area (Å²) in [6.45, 7) is 2.05. The van der Waals surface area contributed by atoms with Gasteiger partial charge in [0.2, 0.25) is 0 Å². The van der Waals surface area contributed by atoms with Crippen LogP contribution in [0.4, 0.5) is 0 Å². The van der Waals surface area contributed by atoms with E-state index in [1.54, 1.807) is 0 Å². The highest BCUT2D eigenvalue weighted by Gasteiger charge is 2.05. The average molecular weight is 219 g/mol. The van der Waals surface area contributed by atoms with E-state index in [2.05, 4.69) is 16.4 Å². The molecule has 0 spiro atoms. The van der Waals surface area contributed by atoms with Crippen molar-refractivity contribution in [1.29, 1.82) is 0 Å². The summed E-state index contributed by atoms with van der Waals surface area (Å²) in [6, 6.07) is 5.96. The molecule has 1 N–H and O–H groups in total. The minimum atomic E-state index is 0. The van der Waals surface area contributed by atoms with E-state index < -0.39 is 0 Å². The number of aromatic nitrogens is 1. The fraction of sp³-hybridized carbons (Fsp3) is 0.222. The third-order valence-corrected chi connectivity index (χ3v) is 1.74. The summed E-state index contributed by atoms with van der Waals surface area (Å²) >= 11 is 0. The lowest BCUT2D eigenvalue weighted by molar-refractivity contribution is 0.674. The van der Waals surface area contributed by atoms with Crippen molar-refractivity contribution in [3.05, 3.63) is 35.7 Å². The van der Waals surface area contributed by atoms with Gasteiger partial charge >= 0.3 is 0 Å². The Morgan fingerprint density at radius 2 is 2.00 bits per heavy atom. The van der Waals surface area contributed by atoms with E-state index in [4.69, 9.17) is 0 Å². The number of nitrogens with zero attached hydrogens (tertiary/aromatic N) is 1. The zero-order valence-corrected chi connectivity index (χ0v) is 8.70. The standard InChI is InChI=1S/C9H10N2.2ClH/c1-2-4-11-9(3-1)5-8-6-10-7-8;;/h1-5,10H,6-7H2;2*1H. The molecule has 2 heterocycles. The van der Waals surface area contributed by atoms with Crippen molar-refractivity contribution in [2.24, 2.45) is 0 Å². The molecule has 4 heteroatoms. The van der Waals surface area contributed by atoms with Crippen molar-refractivity contribution in [3.63, 3.8) is 0 Å². The molecule has 1 aliphatic rings. The molecule has 1 saturated heterocycles. The topological polar surface area (TPSA) is 24.9 Å². The van der Waals surface area contributed by atoms with Crippen LogP contribution >= 0.6 is 24.8 Å². The van der Waals surface area contributed by atoms with E-state index in [0.717, 1.165) is 18.8 Å². The summed E-state index contributed by atoms with van der Waals surface area (Å²) in [7, 11) is 0. The third-order valence-electron chi connectivity index (χ3n) is 1.74. The molecule has 1 fully saturated rings. The van der Waals surface area contributed by atoms with Gasteiger partial charge in [-0.1, -0.05) is 6.07 Å². The molecular weight excluding hydrogens is 207 g/mol. The van der Waals surface area contributed by atoms with Gasteiger partial charge in [-0.2, -0.15) is 0 Å². The predicted molar refractivity (Wildman–Crippen MR) is 59.6 cm³/mol. The van der Waals surface area contributed by atoms with E-state index in [9.17, 15) is 0 Å². The van der Waals surface area contributed by atoms with E-state index in [1.165, 1.54) is 5.57 Å². The first-order chi connectivity index (χ1) is 5.45. The number of rotatable bonds is 1. The first-order valence-corrected chi connectivity index (χ1v) is 3.76. The second-order valence-corrected chi connectivity index (χ2v) is 2.66. The van der Waals surface area contributed by atoms with Crippen LogP contribution in [0.15, 0.2) is 30.0 Å². The summed E-state index contributed by atoms with van der Waals surface area (Å²) in [4.78, 5) is 4.20. The number of hydrogen-bond acceptors (Lipinski definition) is 2. The van der Waals surface area contributed by atoms with Gasteiger partial charge in [-0.05, 0) is 23.8 Å². The molecule has 72 valence electrons. The molecule has 0 amide bonds. The highest BCUT2D eigenvalue weighted by Crippen LogP contribution is 2.06. The zero-order chi connectivity index (χ0) is 7.52. The van der Waals surface area contributed by atoms with Crippen LogP contribution in [0, 0.1) is 0 Å². The van der Waals surface area contributed by atoms with Crippen LogP contribution in [0.5, 0.6) is 0 Å². The fourth-order valence-corrected chi connectivity index (χ4v) is 1.04. The minimum Gasteiger partial charge on any atom is -0.309 e. The van der Waals surface area contributed by atoms with Crippen LogP contribution in [0.25, 0.3) is 6.08 Å². The molecule has 13 heavy (non-hydrogen) atoms. The maximum atomic E-state index is 4.20. The van der Waals surface area contributed by atoms with Crippen molar-refractivity contribution in [1.82, 2.24) is 10.3 Å². The molecule has 0 radical (unpaired) electrons. The highest BCUT2D eigenvalue weighted by atomic mass is 35.5. The maximum absolute atomic E-state index is 4.20. The monoisotopic (exact) mass is 218 g/mol. The molecule has 2 nitrogen and oxygen atoms in total. The molecule has 0 saturated carbocycles. The Morgan fingerprint density at radius 3 is 2.46 bits per heavy atom. The lowest BCUT2D eigenvalue weighted by Crippen LogP contribution is -2.33. The largest absolute Gasteiger partial charge is 0.309 e. The number of pyridine rings is 1. The average Bonchev–Trinajstić information content (AvgIpc) is 1.99. The molecule has 0 atom stereocenters. The molecule has 0 unspecified atom stereocenters. The summed E-state index contributed by atoms with van der Waals surface area (Å²) in [6.07, 6.45) is 3.95. The van der Waals surface area contributed by atoms with Crippen molar-refractivity contribution in [3.8, 4) is 0 Å². The predicted octanol–water partition coefficient (Wildman–Crippen LogP) is 1.91. The van der Waals surface area contributed by atoms with Crippen LogP contribution in [0.2, 0.25) is 0 Å². The Labute approximate surface area is 90.3 Å². The van der Waals surface area contributed by atoms with Crippen LogP contribution in [0.1, 0.15) is 5.69 Å². The lowest BCUT2D eigenvalue weighted by atomic mass is 10.1.